The maximum Gasteiger partial charge on any atom is 0.231 e. The zero-order valence-electron chi connectivity index (χ0n) is 8.14. The summed E-state index contributed by atoms with van der Waals surface area (Å²) in [5.41, 5.74) is 9.02. The number of benzene rings is 1. The highest BCUT2D eigenvalue weighted by Gasteiger charge is 2.17. The second kappa shape index (κ2) is 3.98. The van der Waals surface area contributed by atoms with Crippen molar-refractivity contribution in [3.63, 3.8) is 0 Å². The molecule has 0 saturated heterocycles. The van der Waals surface area contributed by atoms with E-state index < -0.39 is 0 Å². The van der Waals surface area contributed by atoms with Gasteiger partial charge in [0.1, 0.15) is 5.75 Å². The van der Waals surface area contributed by atoms with Crippen molar-refractivity contribution in [3.05, 3.63) is 28.1 Å². The minimum atomic E-state index is 0.212. The molecule has 0 aromatic heterocycles. The predicted octanol–water partition coefficient (Wildman–Crippen LogP) is 2.23. The van der Waals surface area contributed by atoms with Crippen LogP contribution in [0.2, 0.25) is 0 Å². The number of azide groups is 1. The van der Waals surface area contributed by atoms with E-state index in [2.05, 4.69) is 10.0 Å². The van der Waals surface area contributed by atoms with Gasteiger partial charge in [-0.1, -0.05) is 5.11 Å². The van der Waals surface area contributed by atoms with Gasteiger partial charge in [-0.15, -0.1) is 0 Å². The predicted molar refractivity (Wildman–Crippen MR) is 52.0 cm³/mol. The number of hydrogen-bond donors (Lipinski definition) is 0. The van der Waals surface area contributed by atoms with Gasteiger partial charge in [-0.2, -0.15) is 0 Å². The Labute approximate surface area is 86.0 Å². The average Bonchev–Trinajstić information content (AvgIpc) is 2.71. The van der Waals surface area contributed by atoms with E-state index in [4.69, 9.17) is 19.7 Å². The number of methoxy groups -OCH3 is 1. The third kappa shape index (κ3) is 1.75. The van der Waals surface area contributed by atoms with Gasteiger partial charge in [-0.05, 0) is 11.6 Å². The summed E-state index contributed by atoms with van der Waals surface area (Å²) in [7, 11) is 1.55. The Balaban J connectivity index is 2.39. The average molecular weight is 207 g/mol. The van der Waals surface area contributed by atoms with E-state index in [1.807, 2.05) is 0 Å². The lowest BCUT2D eigenvalue weighted by molar-refractivity contribution is 0.174. The molecule has 6 nitrogen and oxygen atoms in total. The Hall–Kier alpha value is -2.07. The Kier molecular flexibility index (Phi) is 2.51. The van der Waals surface area contributed by atoms with Gasteiger partial charge in [0.15, 0.2) is 11.5 Å². The highest BCUT2D eigenvalue weighted by Crippen LogP contribution is 2.38. The van der Waals surface area contributed by atoms with E-state index in [1.54, 1.807) is 19.2 Å². The van der Waals surface area contributed by atoms with Crippen molar-refractivity contribution in [2.24, 2.45) is 5.11 Å². The van der Waals surface area contributed by atoms with E-state index in [1.165, 1.54) is 0 Å². The zero-order chi connectivity index (χ0) is 10.7. The Morgan fingerprint density at radius 3 is 2.87 bits per heavy atom. The van der Waals surface area contributed by atoms with Crippen LogP contribution in [0.5, 0.6) is 17.2 Å². The molecular formula is C9H9N3O3. The van der Waals surface area contributed by atoms with Gasteiger partial charge in [0.05, 0.1) is 13.7 Å². The van der Waals surface area contributed by atoms with Crippen LogP contribution in [0.1, 0.15) is 5.56 Å². The molecule has 1 aliphatic heterocycles. The fourth-order valence-electron chi connectivity index (χ4n) is 1.39. The molecule has 78 valence electrons. The van der Waals surface area contributed by atoms with Crippen LogP contribution in [0.15, 0.2) is 17.2 Å². The molecule has 0 fully saturated rings. The molecule has 1 aliphatic rings. The Bertz CT molecular complexity index is 427. The Morgan fingerprint density at radius 2 is 2.20 bits per heavy atom. The van der Waals surface area contributed by atoms with Gasteiger partial charge in [0, 0.05) is 16.5 Å². The van der Waals surface area contributed by atoms with Crippen LogP contribution in [0.3, 0.4) is 0 Å². The van der Waals surface area contributed by atoms with Crippen LogP contribution in [0, 0.1) is 0 Å². The zero-order valence-corrected chi connectivity index (χ0v) is 8.14. The monoisotopic (exact) mass is 207 g/mol. The van der Waals surface area contributed by atoms with Gasteiger partial charge in [0.2, 0.25) is 6.79 Å². The van der Waals surface area contributed by atoms with Crippen LogP contribution in [0.4, 0.5) is 0 Å². The summed E-state index contributed by atoms with van der Waals surface area (Å²) >= 11 is 0. The molecule has 1 aromatic rings. The van der Waals surface area contributed by atoms with Crippen LogP contribution in [0.25, 0.3) is 10.4 Å². The lowest BCUT2D eigenvalue weighted by Gasteiger charge is -2.07. The van der Waals surface area contributed by atoms with Crippen molar-refractivity contribution in [1.29, 1.82) is 0 Å². The lowest BCUT2D eigenvalue weighted by atomic mass is 10.2. The van der Waals surface area contributed by atoms with Crippen molar-refractivity contribution in [3.8, 4) is 17.2 Å². The fourth-order valence-corrected chi connectivity index (χ4v) is 1.39. The maximum atomic E-state index is 8.25. The summed E-state index contributed by atoms with van der Waals surface area (Å²) < 4.78 is 15.5. The first-order valence-corrected chi connectivity index (χ1v) is 4.32. The van der Waals surface area contributed by atoms with Crippen molar-refractivity contribution in [1.82, 2.24) is 0 Å². The molecule has 0 spiro atoms. The third-order valence-corrected chi connectivity index (χ3v) is 2.08. The SMILES string of the molecule is COc1cc2c(cc1CN=[N+]=[N-])OCO2. The van der Waals surface area contributed by atoms with Crippen molar-refractivity contribution >= 4 is 0 Å². The second-order valence-electron chi connectivity index (χ2n) is 2.91. The van der Waals surface area contributed by atoms with E-state index in [0.29, 0.717) is 17.2 Å². The highest BCUT2D eigenvalue weighted by molar-refractivity contribution is 5.51. The first-order chi connectivity index (χ1) is 7.35. The molecule has 6 heteroatoms. The summed E-state index contributed by atoms with van der Waals surface area (Å²) in [5.74, 6) is 1.93. The second-order valence-corrected chi connectivity index (χ2v) is 2.91. The van der Waals surface area contributed by atoms with Crippen LogP contribution >= 0.6 is 0 Å². The summed E-state index contributed by atoms with van der Waals surface area (Å²) in [4.78, 5) is 2.70. The molecular weight excluding hydrogens is 198 g/mol. The standard InChI is InChI=1S/C9H9N3O3/c1-13-7-3-9-8(14-5-15-9)2-6(7)4-11-12-10/h2-3H,4-5H2,1H3. The molecule has 0 N–H and O–H groups in total. The number of ether oxygens (including phenoxy) is 3. The van der Waals surface area contributed by atoms with Gasteiger partial charge in [0.25, 0.3) is 0 Å². The lowest BCUT2D eigenvalue weighted by Crippen LogP contribution is -1.92. The van der Waals surface area contributed by atoms with Crippen LogP contribution in [-0.2, 0) is 6.54 Å². The minimum absolute atomic E-state index is 0.212. The van der Waals surface area contributed by atoms with E-state index in [-0.39, 0.29) is 13.3 Å². The van der Waals surface area contributed by atoms with Gasteiger partial charge < -0.3 is 14.2 Å². The number of nitrogens with zero attached hydrogens (tertiary/aromatic N) is 3. The van der Waals surface area contributed by atoms with Crippen LogP contribution < -0.4 is 14.2 Å². The summed E-state index contributed by atoms with van der Waals surface area (Å²) in [6.07, 6.45) is 0. The molecule has 0 aliphatic carbocycles. The normalized spacial score (nSPS) is 12.1. The van der Waals surface area contributed by atoms with E-state index >= 15 is 0 Å². The molecule has 15 heavy (non-hydrogen) atoms. The highest BCUT2D eigenvalue weighted by atomic mass is 16.7. The van der Waals surface area contributed by atoms with Crippen molar-refractivity contribution in [2.45, 2.75) is 6.54 Å². The first kappa shape index (κ1) is 9.48. The number of hydrogen-bond acceptors (Lipinski definition) is 4. The largest absolute Gasteiger partial charge is 0.496 e. The van der Waals surface area contributed by atoms with E-state index in [9.17, 15) is 0 Å². The van der Waals surface area contributed by atoms with Gasteiger partial charge in [-0.25, -0.2) is 0 Å². The molecule has 0 unspecified atom stereocenters. The van der Waals surface area contributed by atoms with Gasteiger partial charge >= 0.3 is 0 Å². The van der Waals surface area contributed by atoms with Crippen molar-refractivity contribution in [2.75, 3.05) is 13.9 Å². The molecule has 1 heterocycles. The minimum Gasteiger partial charge on any atom is -0.496 e. The smallest absolute Gasteiger partial charge is 0.231 e. The topological polar surface area (TPSA) is 76.5 Å². The third-order valence-electron chi connectivity index (χ3n) is 2.08. The molecule has 0 saturated carbocycles. The summed E-state index contributed by atoms with van der Waals surface area (Å²) in [6.45, 7) is 0.444. The van der Waals surface area contributed by atoms with Crippen LogP contribution in [-0.4, -0.2) is 13.9 Å². The number of fused-ring (bicyclic) bond motifs is 1. The fraction of sp³-hybridized carbons (Fsp3) is 0.333. The van der Waals surface area contributed by atoms with Gasteiger partial charge in [-0.3, -0.25) is 0 Å². The molecule has 0 radical (unpaired) electrons. The molecule has 2 rings (SSSR count). The van der Waals surface area contributed by atoms with Crippen molar-refractivity contribution < 1.29 is 14.2 Å². The Morgan fingerprint density at radius 1 is 1.47 bits per heavy atom. The molecule has 0 bridgehead atoms. The summed E-state index contributed by atoms with van der Waals surface area (Å²) in [5, 5.41) is 3.48. The summed E-state index contributed by atoms with van der Waals surface area (Å²) in [6, 6.07) is 3.49. The van der Waals surface area contributed by atoms with E-state index in [0.717, 1.165) is 5.56 Å². The quantitative estimate of drug-likeness (QED) is 0.433. The number of rotatable bonds is 3. The molecule has 0 atom stereocenters. The molecule has 1 aromatic carbocycles. The molecule has 0 amide bonds. The maximum absolute atomic E-state index is 8.25. The first-order valence-electron chi connectivity index (χ1n) is 4.32.